The van der Waals surface area contributed by atoms with Gasteiger partial charge in [-0.05, 0) is 42.0 Å². The number of carbonyl (C=O) groups is 1. The number of benzene rings is 2. The second-order valence-corrected chi connectivity index (χ2v) is 7.43. The Bertz CT molecular complexity index is 1170. The number of anilines is 1. The molecule has 0 N–H and O–H groups in total. The molecule has 2 heterocycles. The number of carbonyl (C=O) groups excluding carboxylic acids is 1. The Hall–Kier alpha value is -2.90. The minimum absolute atomic E-state index is 0.0278. The topological polar surface area (TPSA) is 46.1 Å². The summed E-state index contributed by atoms with van der Waals surface area (Å²) in [4.78, 5) is 22.8. The summed E-state index contributed by atoms with van der Waals surface area (Å²) in [5, 5.41) is 0.688. The number of halogens is 3. The molecule has 0 unspecified atom stereocenters. The Morgan fingerprint density at radius 1 is 1.11 bits per heavy atom. The van der Waals surface area contributed by atoms with Crippen molar-refractivity contribution in [2.75, 3.05) is 4.90 Å². The fourth-order valence-corrected chi connectivity index (χ4v) is 3.93. The third kappa shape index (κ3) is 3.72. The number of pyridine rings is 1. The molecule has 4 nitrogen and oxygen atoms in total. The molecule has 4 aromatic rings. The Balaban J connectivity index is 1.80. The van der Waals surface area contributed by atoms with Gasteiger partial charge in [-0.15, -0.1) is 0 Å². The van der Waals surface area contributed by atoms with Crippen molar-refractivity contribution in [1.82, 2.24) is 9.97 Å². The lowest BCUT2D eigenvalue weighted by atomic mass is 10.2. The minimum atomic E-state index is -0.767. The van der Waals surface area contributed by atoms with E-state index in [1.54, 1.807) is 48.8 Å². The van der Waals surface area contributed by atoms with Crippen LogP contribution >= 0.6 is 22.9 Å². The maximum absolute atomic E-state index is 14.1. The van der Waals surface area contributed by atoms with Crippen molar-refractivity contribution in [3.8, 4) is 0 Å². The molecule has 8 heteroatoms. The summed E-state index contributed by atoms with van der Waals surface area (Å²) in [5.41, 5.74) is 1.21. The number of amides is 1. The van der Waals surface area contributed by atoms with Crippen LogP contribution in [0.4, 0.5) is 13.9 Å². The van der Waals surface area contributed by atoms with Gasteiger partial charge in [0, 0.05) is 29.0 Å². The summed E-state index contributed by atoms with van der Waals surface area (Å²) in [6.45, 7) is 0.192. The standard InChI is InChI=1S/C20H12ClF2N3OS/c21-14-3-1-2-13(8-14)19(27)26(11-12-4-6-24-7-5-12)20-25-18-16(23)9-15(22)10-17(18)28-20/h1-10H,11H2. The zero-order chi connectivity index (χ0) is 19.7. The number of thiazole rings is 1. The van der Waals surface area contributed by atoms with Gasteiger partial charge in [0.25, 0.3) is 5.91 Å². The normalized spacial score (nSPS) is 11.0. The van der Waals surface area contributed by atoms with E-state index in [0.29, 0.717) is 15.3 Å². The van der Waals surface area contributed by atoms with Crippen LogP contribution < -0.4 is 4.90 Å². The quantitative estimate of drug-likeness (QED) is 0.444. The molecule has 0 aliphatic heterocycles. The van der Waals surface area contributed by atoms with E-state index in [-0.39, 0.29) is 23.1 Å². The molecule has 0 saturated heterocycles. The maximum atomic E-state index is 14.1. The highest BCUT2D eigenvalue weighted by Gasteiger charge is 2.23. The van der Waals surface area contributed by atoms with Gasteiger partial charge >= 0.3 is 0 Å². The monoisotopic (exact) mass is 415 g/mol. The second kappa shape index (κ2) is 7.61. The highest BCUT2D eigenvalue weighted by Crippen LogP contribution is 2.33. The summed E-state index contributed by atoms with van der Waals surface area (Å²) in [6.07, 6.45) is 3.23. The van der Waals surface area contributed by atoms with Crippen LogP contribution in [0.15, 0.2) is 60.9 Å². The van der Waals surface area contributed by atoms with Crippen LogP contribution in [0.3, 0.4) is 0 Å². The number of rotatable bonds is 4. The molecule has 0 saturated carbocycles. The summed E-state index contributed by atoms with van der Waals surface area (Å²) in [6, 6.07) is 12.1. The molecule has 2 aromatic heterocycles. The van der Waals surface area contributed by atoms with Gasteiger partial charge in [0.2, 0.25) is 0 Å². The summed E-state index contributed by atoms with van der Waals surface area (Å²) in [7, 11) is 0. The average molecular weight is 416 g/mol. The first kappa shape index (κ1) is 18.5. The summed E-state index contributed by atoms with van der Waals surface area (Å²) >= 11 is 7.06. The van der Waals surface area contributed by atoms with E-state index >= 15 is 0 Å². The van der Waals surface area contributed by atoms with Crippen molar-refractivity contribution < 1.29 is 13.6 Å². The van der Waals surface area contributed by atoms with Gasteiger partial charge in [-0.1, -0.05) is 29.0 Å². The van der Waals surface area contributed by atoms with Gasteiger partial charge in [0.05, 0.1) is 11.2 Å². The fraction of sp³-hybridized carbons (Fsp3) is 0.0500. The lowest BCUT2D eigenvalue weighted by Crippen LogP contribution is -2.30. The number of nitrogens with zero attached hydrogens (tertiary/aromatic N) is 3. The molecule has 0 bridgehead atoms. The smallest absolute Gasteiger partial charge is 0.260 e. The predicted octanol–water partition coefficient (Wildman–Crippen LogP) is 5.47. The number of aromatic nitrogens is 2. The number of hydrogen-bond donors (Lipinski definition) is 0. The first-order chi connectivity index (χ1) is 13.5. The molecule has 0 radical (unpaired) electrons. The largest absolute Gasteiger partial charge is 0.279 e. The molecule has 140 valence electrons. The third-order valence-corrected chi connectivity index (χ3v) is 5.30. The Labute approximate surface area is 168 Å². The second-order valence-electron chi connectivity index (χ2n) is 5.99. The predicted molar refractivity (Wildman–Crippen MR) is 106 cm³/mol. The summed E-state index contributed by atoms with van der Waals surface area (Å²) < 4.78 is 28.0. The maximum Gasteiger partial charge on any atom is 0.260 e. The van der Waals surface area contributed by atoms with Crippen molar-refractivity contribution in [2.24, 2.45) is 0 Å². The number of hydrogen-bond acceptors (Lipinski definition) is 4. The number of fused-ring (bicyclic) bond motifs is 1. The average Bonchev–Trinajstić information content (AvgIpc) is 3.10. The lowest BCUT2D eigenvalue weighted by Gasteiger charge is -2.20. The summed E-state index contributed by atoms with van der Waals surface area (Å²) in [5.74, 6) is -1.81. The molecule has 4 rings (SSSR count). The Morgan fingerprint density at radius 3 is 2.64 bits per heavy atom. The van der Waals surface area contributed by atoms with E-state index in [1.807, 2.05) is 0 Å². The third-order valence-electron chi connectivity index (χ3n) is 4.04. The molecular formula is C20H12ClF2N3OS. The lowest BCUT2D eigenvalue weighted by molar-refractivity contribution is 0.0985. The molecule has 0 aliphatic rings. The van der Waals surface area contributed by atoms with Gasteiger partial charge in [0.15, 0.2) is 10.9 Å². The van der Waals surface area contributed by atoms with Crippen LogP contribution in [0.5, 0.6) is 0 Å². The van der Waals surface area contributed by atoms with Crippen molar-refractivity contribution in [3.63, 3.8) is 0 Å². The molecule has 0 fully saturated rings. The molecular weight excluding hydrogens is 404 g/mol. The molecule has 2 aromatic carbocycles. The SMILES string of the molecule is O=C(c1cccc(Cl)c1)N(Cc1ccncc1)c1nc2c(F)cc(F)cc2s1. The highest BCUT2D eigenvalue weighted by atomic mass is 35.5. The van der Waals surface area contributed by atoms with Crippen LogP contribution in [-0.2, 0) is 6.54 Å². The van der Waals surface area contributed by atoms with Crippen molar-refractivity contribution in [3.05, 3.63) is 88.7 Å². The van der Waals surface area contributed by atoms with Gasteiger partial charge in [-0.25, -0.2) is 13.8 Å². The fourth-order valence-electron chi connectivity index (χ4n) is 2.74. The zero-order valence-corrected chi connectivity index (χ0v) is 15.8. The molecule has 28 heavy (non-hydrogen) atoms. The zero-order valence-electron chi connectivity index (χ0n) is 14.3. The van der Waals surface area contributed by atoms with E-state index in [1.165, 1.54) is 11.0 Å². The van der Waals surface area contributed by atoms with Crippen LogP contribution in [-0.4, -0.2) is 15.9 Å². The van der Waals surface area contributed by atoms with Gasteiger partial charge in [-0.2, -0.15) is 0 Å². The van der Waals surface area contributed by atoms with Crippen LogP contribution in [0, 0.1) is 11.6 Å². The van der Waals surface area contributed by atoms with Gasteiger partial charge in [0.1, 0.15) is 11.3 Å². The molecule has 0 spiro atoms. The van der Waals surface area contributed by atoms with Crippen LogP contribution in [0.25, 0.3) is 10.2 Å². The van der Waals surface area contributed by atoms with Gasteiger partial charge in [-0.3, -0.25) is 14.7 Å². The van der Waals surface area contributed by atoms with E-state index in [0.717, 1.165) is 23.0 Å². The van der Waals surface area contributed by atoms with Crippen molar-refractivity contribution in [2.45, 2.75) is 6.54 Å². The Kier molecular flexibility index (Phi) is 5.02. The van der Waals surface area contributed by atoms with Gasteiger partial charge < -0.3 is 0 Å². The van der Waals surface area contributed by atoms with E-state index in [2.05, 4.69) is 9.97 Å². The van der Waals surface area contributed by atoms with Crippen molar-refractivity contribution in [1.29, 1.82) is 0 Å². The van der Waals surface area contributed by atoms with Crippen molar-refractivity contribution >= 4 is 44.2 Å². The minimum Gasteiger partial charge on any atom is -0.279 e. The Morgan fingerprint density at radius 2 is 1.89 bits per heavy atom. The van der Waals surface area contributed by atoms with Crippen LogP contribution in [0.2, 0.25) is 5.02 Å². The van der Waals surface area contributed by atoms with E-state index in [4.69, 9.17) is 11.6 Å². The molecule has 0 aliphatic carbocycles. The van der Waals surface area contributed by atoms with E-state index in [9.17, 15) is 13.6 Å². The first-order valence-corrected chi connectivity index (χ1v) is 9.42. The first-order valence-electron chi connectivity index (χ1n) is 8.23. The van der Waals surface area contributed by atoms with E-state index < -0.39 is 11.6 Å². The molecule has 0 atom stereocenters. The highest BCUT2D eigenvalue weighted by molar-refractivity contribution is 7.22. The molecule has 1 amide bonds. The van der Waals surface area contributed by atoms with Crippen LogP contribution in [0.1, 0.15) is 15.9 Å².